The van der Waals surface area contributed by atoms with Crippen molar-refractivity contribution in [1.29, 1.82) is 0 Å². The van der Waals surface area contributed by atoms with Gasteiger partial charge in [-0.3, -0.25) is 9.32 Å². The summed E-state index contributed by atoms with van der Waals surface area (Å²) in [5.41, 5.74) is 0.474. The number of hydrogen-bond acceptors (Lipinski definition) is 6. The van der Waals surface area contributed by atoms with Gasteiger partial charge in [-0.25, -0.2) is 0 Å². The van der Waals surface area contributed by atoms with E-state index in [1.807, 2.05) is 20.8 Å². The molecular weight excluding hydrogens is 348 g/mol. The van der Waals surface area contributed by atoms with E-state index in [1.54, 1.807) is 19.2 Å². The van der Waals surface area contributed by atoms with Crippen molar-refractivity contribution in [2.24, 2.45) is 0 Å². The molecule has 0 bridgehead atoms. The van der Waals surface area contributed by atoms with E-state index in [0.717, 1.165) is 5.56 Å². The normalized spacial score (nSPS) is 11.5. The van der Waals surface area contributed by atoms with E-state index in [-0.39, 0.29) is 36.3 Å². The van der Waals surface area contributed by atoms with Crippen molar-refractivity contribution >= 4 is 5.91 Å². The molecule has 0 aliphatic heterocycles. The fourth-order valence-electron chi connectivity index (χ4n) is 1.94. The highest BCUT2D eigenvalue weighted by Crippen LogP contribution is 2.21. The van der Waals surface area contributed by atoms with E-state index < -0.39 is 6.61 Å². The Morgan fingerprint density at radius 1 is 1.27 bits per heavy atom. The Hall–Kier alpha value is -2.71. The Labute approximate surface area is 149 Å². The molecule has 2 aromatic rings. The Morgan fingerprint density at radius 3 is 2.46 bits per heavy atom. The first-order chi connectivity index (χ1) is 12.1. The van der Waals surface area contributed by atoms with E-state index in [1.165, 1.54) is 17.0 Å². The molecule has 0 spiro atoms. The second-order valence-electron chi connectivity index (χ2n) is 6.69. The maximum absolute atomic E-state index is 12.1. The predicted octanol–water partition coefficient (Wildman–Crippen LogP) is 3.01. The van der Waals surface area contributed by atoms with Crippen molar-refractivity contribution in [3.05, 3.63) is 35.7 Å². The summed E-state index contributed by atoms with van der Waals surface area (Å²) >= 11 is 0. The number of carbonyl (C=O) groups excluding carboxylic acids is 1. The number of benzene rings is 1. The van der Waals surface area contributed by atoms with Gasteiger partial charge in [0.2, 0.25) is 0 Å². The summed E-state index contributed by atoms with van der Waals surface area (Å²) in [6.07, 6.45) is -0.0647. The summed E-state index contributed by atoms with van der Waals surface area (Å²) in [6, 6.07) is 6.05. The van der Waals surface area contributed by atoms with Crippen LogP contribution < -0.4 is 9.47 Å². The van der Waals surface area contributed by atoms with Gasteiger partial charge >= 0.3 is 12.7 Å². The Kier molecular flexibility index (Phi) is 6.12. The van der Waals surface area contributed by atoms with Crippen molar-refractivity contribution in [3.8, 4) is 11.8 Å². The van der Waals surface area contributed by atoms with Crippen LogP contribution in [0.15, 0.2) is 28.8 Å². The van der Waals surface area contributed by atoms with Gasteiger partial charge in [0.1, 0.15) is 5.75 Å². The molecule has 0 radical (unpaired) electrons. The summed E-state index contributed by atoms with van der Waals surface area (Å²) in [5.74, 6) is 0.250. The van der Waals surface area contributed by atoms with Crippen LogP contribution in [0.5, 0.6) is 11.8 Å². The average molecular weight is 369 g/mol. The third-order valence-electron chi connectivity index (χ3n) is 3.39. The molecule has 0 unspecified atom stereocenters. The van der Waals surface area contributed by atoms with Gasteiger partial charge in [-0.2, -0.15) is 13.8 Å². The summed E-state index contributed by atoms with van der Waals surface area (Å²) in [6.45, 7) is 2.95. The number of nitrogens with zero attached hydrogens (tertiary/aromatic N) is 3. The molecule has 7 nitrogen and oxygen atoms in total. The van der Waals surface area contributed by atoms with E-state index in [4.69, 9.17) is 9.26 Å². The number of hydrogen-bond donors (Lipinski definition) is 0. The molecule has 9 heteroatoms. The number of ether oxygens (including phenoxy) is 2. The largest absolute Gasteiger partial charge is 0.439 e. The fraction of sp³-hybridized carbons (Fsp3) is 0.471. The van der Waals surface area contributed by atoms with E-state index in [9.17, 15) is 13.6 Å². The molecule has 1 amide bonds. The molecule has 0 saturated carbocycles. The molecule has 26 heavy (non-hydrogen) atoms. The third kappa shape index (κ3) is 5.68. The molecule has 0 fully saturated rings. The minimum absolute atomic E-state index is 0.0621. The lowest BCUT2D eigenvalue weighted by molar-refractivity contribution is -0.133. The maximum atomic E-state index is 12.1. The van der Waals surface area contributed by atoms with Crippen molar-refractivity contribution in [2.45, 2.75) is 39.3 Å². The van der Waals surface area contributed by atoms with Gasteiger partial charge in [0.15, 0.2) is 12.4 Å². The molecule has 142 valence electrons. The van der Waals surface area contributed by atoms with Crippen LogP contribution >= 0.6 is 0 Å². The first-order valence-corrected chi connectivity index (χ1v) is 7.90. The highest BCUT2D eigenvalue weighted by Gasteiger charge is 2.22. The Balaban J connectivity index is 1.84. The van der Waals surface area contributed by atoms with Crippen molar-refractivity contribution < 1.29 is 27.6 Å². The molecule has 0 N–H and O–H groups in total. The van der Waals surface area contributed by atoms with Crippen LogP contribution in [-0.4, -0.2) is 41.2 Å². The zero-order valence-corrected chi connectivity index (χ0v) is 15.0. The molecular formula is C17H21F2N3O4. The van der Waals surface area contributed by atoms with E-state index in [0.29, 0.717) is 5.82 Å². The van der Waals surface area contributed by atoms with Crippen LogP contribution in [0.4, 0.5) is 8.78 Å². The number of carbonyl (C=O) groups is 1. The second kappa shape index (κ2) is 8.11. The molecule has 1 heterocycles. The number of aromatic nitrogens is 2. The van der Waals surface area contributed by atoms with Crippen LogP contribution in [0.3, 0.4) is 0 Å². The SMILES string of the molecule is CN(Cc1ccc(OC(F)F)cc1)C(=O)COc1nc(C(C)(C)C)no1. The standard InChI is InChI=1S/C17H21F2N3O4/c1-17(2,3)14-20-16(26-21-14)24-10-13(23)22(4)9-11-5-7-12(8-6-11)25-15(18)19/h5-8,15H,9-10H2,1-4H3. The van der Waals surface area contributed by atoms with Gasteiger partial charge < -0.3 is 14.4 Å². The minimum Gasteiger partial charge on any atom is -0.439 e. The summed E-state index contributed by atoms with van der Waals surface area (Å²) in [4.78, 5) is 17.6. The predicted molar refractivity (Wildman–Crippen MR) is 88.0 cm³/mol. The van der Waals surface area contributed by atoms with Gasteiger partial charge in [0.25, 0.3) is 5.91 Å². The van der Waals surface area contributed by atoms with E-state index in [2.05, 4.69) is 14.9 Å². The van der Waals surface area contributed by atoms with Gasteiger partial charge in [0, 0.05) is 19.0 Å². The number of amides is 1. The van der Waals surface area contributed by atoms with Crippen LogP contribution in [0, 0.1) is 0 Å². The first-order valence-electron chi connectivity index (χ1n) is 7.90. The Morgan fingerprint density at radius 2 is 1.92 bits per heavy atom. The lowest BCUT2D eigenvalue weighted by Crippen LogP contribution is -2.31. The molecule has 0 aliphatic carbocycles. The average Bonchev–Trinajstić information content (AvgIpc) is 3.03. The number of halogens is 2. The lowest BCUT2D eigenvalue weighted by atomic mass is 9.96. The minimum atomic E-state index is -2.87. The van der Waals surface area contributed by atoms with Crippen molar-refractivity contribution in [3.63, 3.8) is 0 Å². The summed E-state index contributed by atoms with van der Waals surface area (Å²) < 4.78 is 38.7. The van der Waals surface area contributed by atoms with Gasteiger partial charge in [-0.05, 0) is 17.7 Å². The van der Waals surface area contributed by atoms with Crippen molar-refractivity contribution in [1.82, 2.24) is 15.0 Å². The quantitative estimate of drug-likeness (QED) is 0.747. The smallest absolute Gasteiger partial charge is 0.417 e. The topological polar surface area (TPSA) is 77.7 Å². The van der Waals surface area contributed by atoms with Gasteiger partial charge in [0.05, 0.1) is 0 Å². The Bertz CT molecular complexity index is 726. The number of alkyl halides is 2. The highest BCUT2D eigenvalue weighted by atomic mass is 19.3. The molecule has 1 aromatic heterocycles. The van der Waals surface area contributed by atoms with Gasteiger partial charge in [-0.15, -0.1) is 0 Å². The summed E-state index contributed by atoms with van der Waals surface area (Å²) in [5, 5.41) is 3.81. The highest BCUT2D eigenvalue weighted by molar-refractivity contribution is 5.77. The number of rotatable bonds is 7. The second-order valence-corrected chi connectivity index (χ2v) is 6.69. The molecule has 0 aliphatic rings. The van der Waals surface area contributed by atoms with Gasteiger partial charge in [-0.1, -0.05) is 38.1 Å². The van der Waals surface area contributed by atoms with Crippen molar-refractivity contribution in [2.75, 3.05) is 13.7 Å². The molecule has 1 aromatic carbocycles. The van der Waals surface area contributed by atoms with Crippen LogP contribution in [0.1, 0.15) is 32.2 Å². The third-order valence-corrected chi connectivity index (χ3v) is 3.39. The zero-order valence-electron chi connectivity index (χ0n) is 15.0. The maximum Gasteiger partial charge on any atom is 0.417 e. The number of likely N-dealkylation sites (N-methyl/N-ethyl adjacent to an activating group) is 1. The van der Waals surface area contributed by atoms with E-state index >= 15 is 0 Å². The van der Waals surface area contributed by atoms with Crippen LogP contribution in [0.2, 0.25) is 0 Å². The van der Waals surface area contributed by atoms with Crippen LogP contribution in [-0.2, 0) is 16.8 Å². The fourth-order valence-corrected chi connectivity index (χ4v) is 1.94. The lowest BCUT2D eigenvalue weighted by Gasteiger charge is -2.17. The monoisotopic (exact) mass is 369 g/mol. The molecule has 0 saturated heterocycles. The zero-order chi connectivity index (χ0) is 19.3. The molecule has 0 atom stereocenters. The molecule has 2 rings (SSSR count). The summed E-state index contributed by atoms with van der Waals surface area (Å²) in [7, 11) is 1.60. The first kappa shape index (κ1) is 19.6. The van der Waals surface area contributed by atoms with Crippen LogP contribution in [0.25, 0.3) is 0 Å².